The number of carbonyl (C=O) groups excluding carboxylic acids is 5. The lowest BCUT2D eigenvalue weighted by atomic mass is 10.0. The quantitative estimate of drug-likeness (QED) is 0.109. The van der Waals surface area contributed by atoms with Gasteiger partial charge in [0, 0.05) is 12.8 Å². The topological polar surface area (TPSA) is 257 Å². The number of hydrogen-bond acceptors (Lipinski definition) is 8. The zero-order valence-electron chi connectivity index (χ0n) is 19.6. The fourth-order valence-corrected chi connectivity index (χ4v) is 2.88. The molecule has 0 aromatic heterocycles. The lowest BCUT2D eigenvalue weighted by Crippen LogP contribution is -2.58. The molecule has 0 aromatic carbocycles. The second-order valence-corrected chi connectivity index (χ2v) is 8.43. The summed E-state index contributed by atoms with van der Waals surface area (Å²) in [6.45, 7) is 4.71. The van der Waals surface area contributed by atoms with Crippen LogP contribution in [0, 0.1) is 5.92 Å². The molecule has 14 heteroatoms. The molecule has 0 aromatic rings. The summed E-state index contributed by atoms with van der Waals surface area (Å²) in [6, 6.07) is -5.26. The van der Waals surface area contributed by atoms with Crippen molar-refractivity contribution in [2.45, 2.75) is 83.1 Å². The van der Waals surface area contributed by atoms with E-state index in [4.69, 9.17) is 17.2 Å². The van der Waals surface area contributed by atoms with Crippen molar-refractivity contribution in [3.05, 3.63) is 0 Å². The van der Waals surface area contributed by atoms with Gasteiger partial charge in [-0.25, -0.2) is 4.79 Å². The van der Waals surface area contributed by atoms with E-state index in [1.54, 1.807) is 13.8 Å². The van der Waals surface area contributed by atoms with Crippen LogP contribution in [0.2, 0.25) is 0 Å². The summed E-state index contributed by atoms with van der Waals surface area (Å²) in [7, 11) is 0. The average Bonchev–Trinajstić information content (AvgIpc) is 2.70. The van der Waals surface area contributed by atoms with Gasteiger partial charge in [-0.15, -0.1) is 0 Å². The molecule has 0 heterocycles. The first kappa shape index (κ1) is 30.7. The number of rotatable bonds is 16. The van der Waals surface area contributed by atoms with Crippen molar-refractivity contribution in [1.82, 2.24) is 16.0 Å². The van der Waals surface area contributed by atoms with Crippen LogP contribution in [0.5, 0.6) is 0 Å². The van der Waals surface area contributed by atoms with E-state index in [1.165, 1.54) is 6.92 Å². The first-order chi connectivity index (χ1) is 15.6. The van der Waals surface area contributed by atoms with Gasteiger partial charge in [-0.05, 0) is 32.1 Å². The molecule has 0 aliphatic rings. The predicted molar refractivity (Wildman–Crippen MR) is 119 cm³/mol. The standard InChI is InChI=1S/C20H36N6O8/c1-9(2)8-13(19(32)26-16(10(3)27)20(33)34)25-18(31)12(5-7-15(23)29)24-17(30)11(21)4-6-14(22)28/h9-13,16,27H,4-8,21H2,1-3H3,(H2,22,28)(H2,23,29)(H,24,30)(H,25,31)(H,26,32)(H,33,34). The molecular weight excluding hydrogens is 452 g/mol. The Bertz CT molecular complexity index is 757. The van der Waals surface area contributed by atoms with Crippen molar-refractivity contribution in [3.8, 4) is 0 Å². The number of aliphatic carboxylic acids is 1. The van der Waals surface area contributed by atoms with E-state index in [0.717, 1.165) is 0 Å². The normalized spacial score (nSPS) is 15.4. The van der Waals surface area contributed by atoms with Gasteiger partial charge in [0.2, 0.25) is 29.5 Å². The molecule has 5 amide bonds. The van der Waals surface area contributed by atoms with Crippen LogP contribution < -0.4 is 33.2 Å². The molecule has 0 fully saturated rings. The van der Waals surface area contributed by atoms with Crippen molar-refractivity contribution in [2.75, 3.05) is 0 Å². The van der Waals surface area contributed by atoms with Gasteiger partial charge in [-0.1, -0.05) is 13.8 Å². The number of nitrogens with two attached hydrogens (primary N) is 3. The summed E-state index contributed by atoms with van der Waals surface area (Å²) >= 11 is 0. The molecule has 0 radical (unpaired) electrons. The molecule has 14 nitrogen and oxygen atoms in total. The fourth-order valence-electron chi connectivity index (χ4n) is 2.88. The molecule has 5 atom stereocenters. The number of carboxylic acids is 1. The maximum absolute atomic E-state index is 12.9. The van der Waals surface area contributed by atoms with Gasteiger partial charge >= 0.3 is 5.97 Å². The lowest BCUT2D eigenvalue weighted by Gasteiger charge is -2.26. The van der Waals surface area contributed by atoms with E-state index < -0.39 is 65.8 Å². The monoisotopic (exact) mass is 488 g/mol. The van der Waals surface area contributed by atoms with Crippen molar-refractivity contribution < 1.29 is 39.0 Å². The highest BCUT2D eigenvalue weighted by Crippen LogP contribution is 2.08. The third kappa shape index (κ3) is 12.1. The Hall–Kier alpha value is -3.26. The van der Waals surface area contributed by atoms with Gasteiger partial charge in [-0.2, -0.15) is 0 Å². The van der Waals surface area contributed by atoms with Crippen LogP contribution in [-0.2, 0) is 28.8 Å². The highest BCUT2D eigenvalue weighted by molar-refractivity contribution is 5.94. The molecule has 34 heavy (non-hydrogen) atoms. The molecular formula is C20H36N6O8. The molecule has 0 saturated carbocycles. The Labute approximate surface area is 197 Å². The van der Waals surface area contributed by atoms with Crippen LogP contribution in [0.15, 0.2) is 0 Å². The maximum Gasteiger partial charge on any atom is 0.328 e. The van der Waals surface area contributed by atoms with Crippen molar-refractivity contribution in [3.63, 3.8) is 0 Å². The maximum atomic E-state index is 12.9. The van der Waals surface area contributed by atoms with E-state index in [-0.39, 0.29) is 38.0 Å². The van der Waals surface area contributed by atoms with Crippen molar-refractivity contribution >= 4 is 35.5 Å². The van der Waals surface area contributed by atoms with Gasteiger partial charge < -0.3 is 43.4 Å². The minimum atomic E-state index is -1.60. The number of amides is 5. The number of carboxylic acid groups (broad SMARTS) is 1. The summed E-state index contributed by atoms with van der Waals surface area (Å²) in [5.41, 5.74) is 15.9. The van der Waals surface area contributed by atoms with E-state index in [9.17, 15) is 39.0 Å². The minimum Gasteiger partial charge on any atom is -0.480 e. The Kier molecular flexibility index (Phi) is 13.4. The molecule has 0 spiro atoms. The van der Waals surface area contributed by atoms with Crippen LogP contribution in [0.4, 0.5) is 0 Å². The molecule has 5 unspecified atom stereocenters. The number of carbonyl (C=O) groups is 6. The van der Waals surface area contributed by atoms with E-state index in [2.05, 4.69) is 16.0 Å². The van der Waals surface area contributed by atoms with E-state index >= 15 is 0 Å². The Balaban J connectivity index is 5.54. The Morgan fingerprint density at radius 3 is 1.68 bits per heavy atom. The number of primary amides is 2. The van der Waals surface area contributed by atoms with Crippen molar-refractivity contribution in [2.24, 2.45) is 23.1 Å². The minimum absolute atomic E-state index is 0.0698. The predicted octanol–water partition coefficient (Wildman–Crippen LogP) is -3.19. The second kappa shape index (κ2) is 14.8. The summed E-state index contributed by atoms with van der Waals surface area (Å²) < 4.78 is 0. The molecule has 0 aliphatic carbocycles. The molecule has 194 valence electrons. The van der Waals surface area contributed by atoms with Gasteiger partial charge in [0.1, 0.15) is 12.1 Å². The van der Waals surface area contributed by atoms with Crippen LogP contribution in [0.3, 0.4) is 0 Å². The largest absolute Gasteiger partial charge is 0.480 e. The summed E-state index contributed by atoms with van der Waals surface area (Å²) in [5, 5.41) is 25.8. The third-order valence-electron chi connectivity index (χ3n) is 4.74. The second-order valence-electron chi connectivity index (χ2n) is 8.43. The SMILES string of the molecule is CC(C)CC(NC(=O)C(CCC(N)=O)NC(=O)C(N)CCC(N)=O)C(=O)NC(C(=O)O)C(C)O. The first-order valence-electron chi connectivity index (χ1n) is 10.8. The molecule has 0 bridgehead atoms. The van der Waals surface area contributed by atoms with Crippen LogP contribution in [0.1, 0.15) is 52.9 Å². The van der Waals surface area contributed by atoms with Gasteiger partial charge in [0.15, 0.2) is 6.04 Å². The van der Waals surface area contributed by atoms with E-state index in [1.807, 2.05) is 0 Å². The van der Waals surface area contributed by atoms with Gasteiger partial charge in [0.05, 0.1) is 12.1 Å². The molecule has 0 rings (SSSR count). The van der Waals surface area contributed by atoms with Crippen molar-refractivity contribution in [1.29, 1.82) is 0 Å². The molecule has 0 aliphatic heterocycles. The van der Waals surface area contributed by atoms with Crippen LogP contribution >= 0.6 is 0 Å². The third-order valence-corrected chi connectivity index (χ3v) is 4.74. The van der Waals surface area contributed by atoms with Crippen LogP contribution in [-0.4, -0.2) is 76.0 Å². The van der Waals surface area contributed by atoms with E-state index in [0.29, 0.717) is 0 Å². The number of aliphatic hydroxyl groups excluding tert-OH is 1. The van der Waals surface area contributed by atoms with Gasteiger partial charge in [-0.3, -0.25) is 24.0 Å². The smallest absolute Gasteiger partial charge is 0.328 e. The highest BCUT2D eigenvalue weighted by atomic mass is 16.4. The first-order valence-corrected chi connectivity index (χ1v) is 10.8. The fraction of sp³-hybridized carbons (Fsp3) is 0.700. The zero-order valence-corrected chi connectivity index (χ0v) is 19.6. The highest BCUT2D eigenvalue weighted by Gasteiger charge is 2.32. The number of nitrogens with one attached hydrogen (secondary N) is 3. The summed E-state index contributed by atoms with van der Waals surface area (Å²) in [4.78, 5) is 71.3. The van der Waals surface area contributed by atoms with Gasteiger partial charge in [0.25, 0.3) is 0 Å². The number of hydrogen-bond donors (Lipinski definition) is 8. The molecule has 11 N–H and O–H groups in total. The van der Waals surface area contributed by atoms with Crippen LogP contribution in [0.25, 0.3) is 0 Å². The lowest BCUT2D eigenvalue weighted by molar-refractivity contribution is -0.145. The summed E-state index contributed by atoms with van der Waals surface area (Å²) in [5.74, 6) is -5.43. The molecule has 0 saturated heterocycles. The Morgan fingerprint density at radius 2 is 1.24 bits per heavy atom. The number of aliphatic hydroxyl groups is 1. The Morgan fingerprint density at radius 1 is 0.765 bits per heavy atom. The average molecular weight is 489 g/mol. The zero-order chi connectivity index (χ0) is 26.6. The summed E-state index contributed by atoms with van der Waals surface area (Å²) in [6.07, 6.45) is -1.98.